The van der Waals surface area contributed by atoms with Crippen LogP contribution in [0.1, 0.15) is 0 Å². The van der Waals surface area contributed by atoms with Gasteiger partial charge in [-0.3, -0.25) is 0 Å². The van der Waals surface area contributed by atoms with Crippen molar-refractivity contribution in [3.05, 3.63) is 163 Å². The molecule has 0 atom stereocenters. The van der Waals surface area contributed by atoms with Crippen LogP contribution in [0.5, 0.6) is 0 Å². The zero-order valence-electron chi connectivity index (χ0n) is 28.1. The number of hydrogen-bond donors (Lipinski definition) is 0. The van der Waals surface area contributed by atoms with Crippen molar-refractivity contribution in [1.29, 1.82) is 0 Å². The van der Waals surface area contributed by atoms with Gasteiger partial charge in [0.25, 0.3) is 0 Å². The van der Waals surface area contributed by atoms with Gasteiger partial charge in [0.05, 0.1) is 30.6 Å². The second kappa shape index (κ2) is 13.1. The van der Waals surface area contributed by atoms with Crippen LogP contribution in [0, 0.1) is 17.5 Å². The lowest BCUT2D eigenvalue weighted by atomic mass is 9.89. The van der Waals surface area contributed by atoms with E-state index in [1.807, 2.05) is 36.4 Å². The average Bonchev–Trinajstić information content (AvgIpc) is 3.94. The lowest BCUT2D eigenvalue weighted by Gasteiger charge is -2.16. The van der Waals surface area contributed by atoms with Crippen LogP contribution in [-0.4, -0.2) is 15.0 Å². The molecular formula is C45H24F3N3S3. The quantitative estimate of drug-likeness (QED) is 0.169. The Labute approximate surface area is 319 Å². The average molecular weight is 760 g/mol. The number of fused-ring (bicyclic) bond motifs is 3. The molecule has 0 aliphatic carbocycles. The van der Waals surface area contributed by atoms with Crippen molar-refractivity contribution in [2.24, 2.45) is 0 Å². The first-order valence-electron chi connectivity index (χ1n) is 17.1. The van der Waals surface area contributed by atoms with E-state index >= 15 is 0 Å². The summed E-state index contributed by atoms with van der Waals surface area (Å²) in [5.41, 5.74) is 10.9. The molecule has 3 aromatic heterocycles. The van der Waals surface area contributed by atoms with Crippen molar-refractivity contribution in [2.75, 3.05) is 0 Å². The molecule has 7 aromatic carbocycles. The van der Waals surface area contributed by atoms with Crippen LogP contribution in [0.3, 0.4) is 0 Å². The molecule has 0 spiro atoms. The Bertz CT molecular complexity index is 2730. The van der Waals surface area contributed by atoms with Crippen LogP contribution in [0.4, 0.5) is 13.2 Å². The predicted molar refractivity (Wildman–Crippen MR) is 218 cm³/mol. The number of benzene rings is 7. The monoisotopic (exact) mass is 759 g/mol. The normalized spacial score (nSPS) is 11.6. The summed E-state index contributed by atoms with van der Waals surface area (Å²) in [5, 5.41) is 2.38. The number of aromatic nitrogens is 3. The highest BCUT2D eigenvalue weighted by atomic mass is 32.1. The van der Waals surface area contributed by atoms with Gasteiger partial charge < -0.3 is 0 Å². The number of nitrogens with zero attached hydrogens (tertiary/aromatic N) is 3. The number of thiazole rings is 3. The molecule has 0 fully saturated rings. The second-order valence-corrected chi connectivity index (χ2v) is 15.9. The summed E-state index contributed by atoms with van der Waals surface area (Å²) in [5.74, 6) is -0.883. The Morgan fingerprint density at radius 2 is 0.593 bits per heavy atom. The molecule has 0 aliphatic heterocycles. The van der Waals surface area contributed by atoms with Gasteiger partial charge in [0.1, 0.15) is 32.5 Å². The van der Waals surface area contributed by atoms with Crippen molar-refractivity contribution >= 4 is 64.7 Å². The molecule has 0 amide bonds. The standard InChI is InChI=1S/C45H24F3N3S3/c46-28-13-16-37-40(22-28)52-43(49-37)34-10-4-1-7-31(34)25-19-26(32-8-2-5-11-35(32)44-50-38-17-14-29(47)23-41(38)53-44)21-27(20-25)33-9-3-6-12-36(33)45-51-39-18-15-30(48)24-42(39)54-45/h1-24H. The second-order valence-electron chi connectivity index (χ2n) is 12.8. The largest absolute Gasteiger partial charge is 0.236 e. The van der Waals surface area contributed by atoms with E-state index in [1.165, 1.54) is 70.4 Å². The van der Waals surface area contributed by atoms with Crippen molar-refractivity contribution in [2.45, 2.75) is 0 Å². The van der Waals surface area contributed by atoms with Crippen molar-refractivity contribution in [3.8, 4) is 65.1 Å². The topological polar surface area (TPSA) is 38.7 Å². The van der Waals surface area contributed by atoms with Gasteiger partial charge in [0.15, 0.2) is 0 Å². The van der Waals surface area contributed by atoms with Crippen LogP contribution >= 0.6 is 34.0 Å². The molecule has 0 radical (unpaired) electrons. The van der Waals surface area contributed by atoms with Crippen molar-refractivity contribution in [3.63, 3.8) is 0 Å². The van der Waals surface area contributed by atoms with Gasteiger partial charge in [-0.15, -0.1) is 34.0 Å². The van der Waals surface area contributed by atoms with E-state index in [-0.39, 0.29) is 17.5 Å². The minimum atomic E-state index is -0.294. The highest BCUT2D eigenvalue weighted by molar-refractivity contribution is 7.22. The molecule has 0 saturated heterocycles. The molecule has 3 heterocycles. The summed E-state index contributed by atoms with van der Waals surface area (Å²) >= 11 is 4.38. The first-order valence-corrected chi connectivity index (χ1v) is 19.5. The molecule has 258 valence electrons. The first-order chi connectivity index (χ1) is 26.4. The lowest BCUT2D eigenvalue weighted by Crippen LogP contribution is -1.91. The smallest absolute Gasteiger partial charge is 0.125 e. The molecular weight excluding hydrogens is 736 g/mol. The third kappa shape index (κ3) is 5.87. The maximum absolute atomic E-state index is 14.2. The summed E-state index contributed by atoms with van der Waals surface area (Å²) in [6.45, 7) is 0. The minimum Gasteiger partial charge on any atom is -0.236 e. The zero-order valence-corrected chi connectivity index (χ0v) is 30.5. The van der Waals surface area contributed by atoms with Crippen LogP contribution in [0.2, 0.25) is 0 Å². The van der Waals surface area contributed by atoms with E-state index in [2.05, 4.69) is 54.6 Å². The van der Waals surface area contributed by atoms with Gasteiger partial charge in [0.2, 0.25) is 0 Å². The lowest BCUT2D eigenvalue weighted by molar-refractivity contribution is 0.629. The van der Waals surface area contributed by atoms with Crippen LogP contribution in [-0.2, 0) is 0 Å². The maximum atomic E-state index is 14.2. The Hall–Kier alpha value is -6.00. The third-order valence-electron chi connectivity index (χ3n) is 9.39. The molecule has 0 unspecified atom stereocenters. The minimum absolute atomic E-state index is 0.294. The fourth-order valence-corrected chi connectivity index (χ4v) is 9.99. The van der Waals surface area contributed by atoms with E-state index in [0.717, 1.165) is 95.7 Å². The molecule has 10 rings (SSSR count). The van der Waals surface area contributed by atoms with Gasteiger partial charge >= 0.3 is 0 Å². The third-order valence-corrected chi connectivity index (χ3v) is 12.5. The number of hydrogen-bond acceptors (Lipinski definition) is 6. The van der Waals surface area contributed by atoms with Gasteiger partial charge in [-0.05, 0) is 106 Å². The van der Waals surface area contributed by atoms with Gasteiger partial charge in [-0.1, -0.05) is 72.8 Å². The van der Waals surface area contributed by atoms with Gasteiger partial charge in [0, 0.05) is 16.7 Å². The molecule has 3 nitrogen and oxygen atoms in total. The summed E-state index contributed by atoms with van der Waals surface area (Å²) in [6.07, 6.45) is 0. The van der Waals surface area contributed by atoms with E-state index in [9.17, 15) is 13.2 Å². The van der Waals surface area contributed by atoms with Crippen molar-refractivity contribution < 1.29 is 13.2 Å². The van der Waals surface area contributed by atoms with E-state index in [1.54, 1.807) is 18.2 Å². The Balaban J connectivity index is 1.20. The summed E-state index contributed by atoms with van der Waals surface area (Å²) in [7, 11) is 0. The highest BCUT2D eigenvalue weighted by Crippen LogP contribution is 2.44. The molecule has 0 N–H and O–H groups in total. The van der Waals surface area contributed by atoms with Crippen molar-refractivity contribution in [1.82, 2.24) is 15.0 Å². The van der Waals surface area contributed by atoms with E-state index in [4.69, 9.17) is 15.0 Å². The molecule has 9 heteroatoms. The van der Waals surface area contributed by atoms with Gasteiger partial charge in [-0.2, -0.15) is 0 Å². The van der Waals surface area contributed by atoms with Gasteiger partial charge in [-0.25, -0.2) is 28.1 Å². The number of halogens is 3. The predicted octanol–water partition coefficient (Wildman–Crippen LogP) is 13.9. The fourth-order valence-electron chi connectivity index (χ4n) is 6.90. The zero-order chi connectivity index (χ0) is 36.3. The molecule has 0 saturated carbocycles. The first kappa shape index (κ1) is 32.6. The summed E-state index contributed by atoms with van der Waals surface area (Å²) in [6, 6.07) is 45.0. The fraction of sp³-hybridized carbons (Fsp3) is 0. The van der Waals surface area contributed by atoms with Crippen LogP contribution in [0.15, 0.2) is 146 Å². The Kier molecular flexibility index (Phi) is 7.94. The SMILES string of the molecule is Fc1ccc2nc(-c3ccccc3-c3cc(-c4ccccc4-c4nc5ccc(F)cc5s4)cc(-c4ccccc4-c4nc5ccc(F)cc5s4)c3)sc2c1. The molecule has 0 bridgehead atoms. The molecule has 0 aliphatic rings. The summed E-state index contributed by atoms with van der Waals surface area (Å²) in [4.78, 5) is 14.8. The number of rotatable bonds is 6. The molecule has 10 aromatic rings. The summed E-state index contributed by atoms with van der Waals surface area (Å²) < 4.78 is 45.0. The van der Waals surface area contributed by atoms with Crippen LogP contribution in [0.25, 0.3) is 95.7 Å². The van der Waals surface area contributed by atoms with E-state index < -0.39 is 0 Å². The Morgan fingerprint density at radius 3 is 0.889 bits per heavy atom. The maximum Gasteiger partial charge on any atom is 0.125 e. The Morgan fingerprint density at radius 1 is 0.315 bits per heavy atom. The molecule has 54 heavy (non-hydrogen) atoms. The van der Waals surface area contributed by atoms with E-state index in [0.29, 0.717) is 0 Å². The van der Waals surface area contributed by atoms with Crippen LogP contribution < -0.4 is 0 Å². The highest BCUT2D eigenvalue weighted by Gasteiger charge is 2.19.